The third-order valence-corrected chi connectivity index (χ3v) is 4.46. The molecule has 1 unspecified atom stereocenters. The number of ether oxygens (including phenoxy) is 1. The summed E-state index contributed by atoms with van der Waals surface area (Å²) in [6, 6.07) is 5.09. The third-order valence-electron chi connectivity index (χ3n) is 3.60. The third kappa shape index (κ3) is 3.67. The number of Topliss-reactive ketones (excluding diaryl/α,β-unsaturated/α-hetero) is 2. The zero-order valence-electron chi connectivity index (χ0n) is 13.3. The Bertz CT molecular complexity index is 782. The quantitative estimate of drug-likeness (QED) is 0.729. The summed E-state index contributed by atoms with van der Waals surface area (Å²) in [5, 5.41) is 0.574. The maximum atomic E-state index is 12.6. The standard InChI is InChI=1S/C17H17BrClNO3/c1-8-15(10(3)21)9(2)20-16(8)17(22)11(4)23-14-6-5-12(19)7-13(14)18/h5-7,11,20H,1-4H3. The molecule has 0 spiro atoms. The highest BCUT2D eigenvalue weighted by molar-refractivity contribution is 9.10. The minimum absolute atomic E-state index is 0.0654. The van der Waals surface area contributed by atoms with Gasteiger partial charge in [-0.2, -0.15) is 0 Å². The first-order chi connectivity index (χ1) is 10.7. The fourth-order valence-corrected chi connectivity index (χ4v) is 3.32. The van der Waals surface area contributed by atoms with E-state index in [4.69, 9.17) is 16.3 Å². The number of carbonyl (C=O) groups is 2. The Kier molecular flexibility index (Phi) is 5.32. The first kappa shape index (κ1) is 17.8. The Morgan fingerprint density at radius 1 is 1.30 bits per heavy atom. The zero-order chi connectivity index (χ0) is 17.3. The topological polar surface area (TPSA) is 59.2 Å². The second-order valence-electron chi connectivity index (χ2n) is 5.38. The van der Waals surface area contributed by atoms with Crippen molar-refractivity contribution < 1.29 is 14.3 Å². The summed E-state index contributed by atoms with van der Waals surface area (Å²) in [6.45, 7) is 6.70. The Balaban J connectivity index is 2.27. The minimum Gasteiger partial charge on any atom is -0.481 e. The van der Waals surface area contributed by atoms with Gasteiger partial charge >= 0.3 is 0 Å². The van der Waals surface area contributed by atoms with Gasteiger partial charge in [0, 0.05) is 16.3 Å². The van der Waals surface area contributed by atoms with Gasteiger partial charge in [-0.3, -0.25) is 9.59 Å². The first-order valence-electron chi connectivity index (χ1n) is 7.08. The number of H-pyrrole nitrogens is 1. The van der Waals surface area contributed by atoms with Gasteiger partial charge in [0.15, 0.2) is 11.9 Å². The van der Waals surface area contributed by atoms with Gasteiger partial charge in [-0.05, 0) is 67.4 Å². The molecule has 1 heterocycles. The number of carbonyl (C=O) groups excluding carboxylic acids is 2. The molecule has 0 aliphatic carbocycles. The van der Waals surface area contributed by atoms with E-state index in [1.54, 1.807) is 39.0 Å². The van der Waals surface area contributed by atoms with E-state index in [9.17, 15) is 9.59 Å². The Hall–Kier alpha value is -1.59. The molecule has 0 aliphatic heterocycles. The molecule has 6 heteroatoms. The zero-order valence-corrected chi connectivity index (χ0v) is 15.6. The van der Waals surface area contributed by atoms with Gasteiger partial charge < -0.3 is 9.72 Å². The van der Waals surface area contributed by atoms with Crippen LogP contribution in [0.4, 0.5) is 0 Å². The highest BCUT2D eigenvalue weighted by Gasteiger charge is 2.25. The van der Waals surface area contributed by atoms with Crippen molar-refractivity contribution in [2.24, 2.45) is 0 Å². The first-order valence-corrected chi connectivity index (χ1v) is 8.25. The molecule has 0 fully saturated rings. The second kappa shape index (κ2) is 6.89. The normalized spacial score (nSPS) is 12.1. The van der Waals surface area contributed by atoms with E-state index in [0.717, 1.165) is 0 Å². The van der Waals surface area contributed by atoms with Gasteiger partial charge in [-0.15, -0.1) is 0 Å². The van der Waals surface area contributed by atoms with E-state index in [0.29, 0.717) is 37.8 Å². The van der Waals surface area contributed by atoms with Crippen molar-refractivity contribution in [3.63, 3.8) is 0 Å². The molecular weight excluding hydrogens is 382 g/mol. The molecule has 0 saturated carbocycles. The monoisotopic (exact) mass is 397 g/mol. The lowest BCUT2D eigenvalue weighted by Crippen LogP contribution is -2.25. The molecular formula is C17H17BrClNO3. The van der Waals surface area contributed by atoms with E-state index in [-0.39, 0.29) is 11.6 Å². The molecule has 2 aromatic rings. The van der Waals surface area contributed by atoms with E-state index in [1.807, 2.05) is 0 Å². The summed E-state index contributed by atoms with van der Waals surface area (Å²) in [5.41, 5.74) is 2.32. The molecule has 1 atom stereocenters. The Morgan fingerprint density at radius 3 is 2.48 bits per heavy atom. The molecule has 0 radical (unpaired) electrons. The molecule has 23 heavy (non-hydrogen) atoms. The summed E-state index contributed by atoms with van der Waals surface area (Å²) >= 11 is 9.25. The van der Waals surface area contributed by atoms with Crippen LogP contribution in [0.15, 0.2) is 22.7 Å². The van der Waals surface area contributed by atoms with E-state index in [1.165, 1.54) is 6.92 Å². The molecule has 1 N–H and O–H groups in total. The van der Waals surface area contributed by atoms with Crippen molar-refractivity contribution in [3.8, 4) is 5.75 Å². The predicted octanol–water partition coefficient (Wildman–Crippen LogP) is 4.90. The van der Waals surface area contributed by atoms with Crippen molar-refractivity contribution in [3.05, 3.63) is 50.2 Å². The maximum Gasteiger partial charge on any atom is 0.219 e. The van der Waals surface area contributed by atoms with Gasteiger partial charge in [-0.1, -0.05) is 11.6 Å². The molecule has 0 amide bonds. The second-order valence-corrected chi connectivity index (χ2v) is 6.67. The van der Waals surface area contributed by atoms with E-state index in [2.05, 4.69) is 20.9 Å². The number of aromatic nitrogens is 1. The molecule has 0 saturated heterocycles. The largest absolute Gasteiger partial charge is 0.481 e. The lowest BCUT2D eigenvalue weighted by Gasteiger charge is -2.15. The van der Waals surface area contributed by atoms with Gasteiger partial charge in [0.25, 0.3) is 0 Å². The van der Waals surface area contributed by atoms with Crippen molar-refractivity contribution in [1.29, 1.82) is 0 Å². The Morgan fingerprint density at radius 2 is 1.96 bits per heavy atom. The lowest BCUT2D eigenvalue weighted by molar-refractivity contribution is 0.0811. The van der Waals surface area contributed by atoms with Crippen LogP contribution in [-0.4, -0.2) is 22.7 Å². The fraction of sp³-hybridized carbons (Fsp3) is 0.294. The Labute approximate surface area is 148 Å². The van der Waals surface area contributed by atoms with Gasteiger partial charge in [0.1, 0.15) is 5.75 Å². The number of nitrogens with one attached hydrogen (secondary N) is 1. The van der Waals surface area contributed by atoms with Crippen LogP contribution in [0.1, 0.15) is 46.0 Å². The van der Waals surface area contributed by atoms with Gasteiger partial charge in [-0.25, -0.2) is 0 Å². The van der Waals surface area contributed by atoms with Crippen LogP contribution >= 0.6 is 27.5 Å². The summed E-state index contributed by atoms with van der Waals surface area (Å²) in [6.07, 6.45) is -0.705. The molecule has 0 bridgehead atoms. The minimum atomic E-state index is -0.705. The van der Waals surface area contributed by atoms with Crippen LogP contribution in [0.3, 0.4) is 0 Å². The van der Waals surface area contributed by atoms with Crippen molar-refractivity contribution in [1.82, 2.24) is 4.98 Å². The van der Waals surface area contributed by atoms with Gasteiger partial charge in [0.05, 0.1) is 10.2 Å². The number of ketones is 2. The highest BCUT2D eigenvalue weighted by Crippen LogP contribution is 2.29. The number of hydrogen-bond donors (Lipinski definition) is 1. The smallest absolute Gasteiger partial charge is 0.219 e. The lowest BCUT2D eigenvalue weighted by atomic mass is 10.0. The van der Waals surface area contributed by atoms with Crippen LogP contribution in [0.5, 0.6) is 5.75 Å². The summed E-state index contributed by atoms with van der Waals surface area (Å²) < 4.78 is 6.40. The number of halogens is 2. The van der Waals surface area contributed by atoms with Crippen LogP contribution in [0, 0.1) is 13.8 Å². The molecule has 0 aliphatic rings. The van der Waals surface area contributed by atoms with E-state index < -0.39 is 6.10 Å². The summed E-state index contributed by atoms with van der Waals surface area (Å²) in [7, 11) is 0. The van der Waals surface area contributed by atoms with Gasteiger partial charge in [0.2, 0.25) is 5.78 Å². The predicted molar refractivity (Wildman–Crippen MR) is 93.8 cm³/mol. The highest BCUT2D eigenvalue weighted by atomic mass is 79.9. The molecule has 2 rings (SSSR count). The van der Waals surface area contributed by atoms with Crippen molar-refractivity contribution in [2.75, 3.05) is 0 Å². The van der Waals surface area contributed by atoms with E-state index >= 15 is 0 Å². The summed E-state index contributed by atoms with van der Waals surface area (Å²) in [5.74, 6) is 0.257. The SMILES string of the molecule is CC(=O)c1c(C)[nH]c(C(=O)C(C)Oc2ccc(Cl)cc2Br)c1C. The molecule has 1 aromatic carbocycles. The van der Waals surface area contributed by atoms with Crippen molar-refractivity contribution in [2.45, 2.75) is 33.8 Å². The van der Waals surface area contributed by atoms with Crippen molar-refractivity contribution >= 4 is 39.1 Å². The van der Waals surface area contributed by atoms with Crippen LogP contribution in [0.2, 0.25) is 5.02 Å². The number of benzene rings is 1. The van der Waals surface area contributed by atoms with Crippen LogP contribution in [0.25, 0.3) is 0 Å². The number of aromatic amines is 1. The molecule has 122 valence electrons. The average Bonchev–Trinajstić information content (AvgIpc) is 2.76. The fourth-order valence-electron chi connectivity index (χ4n) is 2.54. The molecule has 1 aromatic heterocycles. The average molecular weight is 399 g/mol. The summed E-state index contributed by atoms with van der Waals surface area (Å²) in [4.78, 5) is 27.3. The maximum absolute atomic E-state index is 12.6. The van der Waals surface area contributed by atoms with Crippen LogP contribution < -0.4 is 4.74 Å². The number of rotatable bonds is 5. The molecule has 4 nitrogen and oxygen atoms in total. The van der Waals surface area contributed by atoms with Crippen LogP contribution in [-0.2, 0) is 0 Å². The number of aryl methyl sites for hydroxylation is 1. The number of hydrogen-bond acceptors (Lipinski definition) is 3.